The molecule has 3 rings (SSSR count). The lowest BCUT2D eigenvalue weighted by molar-refractivity contribution is 0.0612. The van der Waals surface area contributed by atoms with Crippen LogP contribution in [0.1, 0.15) is 5.82 Å². The number of aryl methyl sites for hydroxylation is 1. The molecule has 0 amide bonds. The first-order valence-corrected chi connectivity index (χ1v) is 5.36. The first-order chi connectivity index (χ1) is 8.16. The quantitative estimate of drug-likeness (QED) is 0.788. The van der Waals surface area contributed by atoms with E-state index in [1.165, 1.54) is 0 Å². The lowest BCUT2D eigenvalue weighted by atomic mass is 10.0. The Hall–Kier alpha value is -1.79. The average Bonchev–Trinajstić information content (AvgIpc) is 2.59. The van der Waals surface area contributed by atoms with Gasteiger partial charge in [-0.15, -0.1) is 10.2 Å². The molecule has 5 nitrogen and oxygen atoms in total. The molecular formula is C10H11F2N5. The number of halogens is 2. The summed E-state index contributed by atoms with van der Waals surface area (Å²) in [5, 5.41) is 7.96. The highest BCUT2D eigenvalue weighted by atomic mass is 19.3. The average molecular weight is 239 g/mol. The molecule has 1 saturated heterocycles. The van der Waals surface area contributed by atoms with Gasteiger partial charge in [0.15, 0.2) is 5.82 Å². The van der Waals surface area contributed by atoms with E-state index in [4.69, 9.17) is 0 Å². The van der Waals surface area contributed by atoms with Gasteiger partial charge in [0.2, 0.25) is 12.1 Å². The monoisotopic (exact) mass is 239 g/mol. The Bertz CT molecular complexity index is 547. The Balaban J connectivity index is 1.92. The van der Waals surface area contributed by atoms with Gasteiger partial charge in [0.25, 0.3) is 0 Å². The van der Waals surface area contributed by atoms with Crippen molar-refractivity contribution in [3.8, 4) is 0 Å². The Morgan fingerprint density at radius 2 is 2.12 bits per heavy atom. The maximum absolute atomic E-state index is 12.4. The molecule has 1 aliphatic rings. The fourth-order valence-corrected chi connectivity index (χ4v) is 2.00. The number of anilines is 1. The summed E-state index contributed by atoms with van der Waals surface area (Å²) in [5.74, 6) is 0.834. The molecule has 1 aliphatic heterocycles. The van der Waals surface area contributed by atoms with Crippen LogP contribution < -0.4 is 4.90 Å². The summed E-state index contributed by atoms with van der Waals surface area (Å²) in [6, 6.07) is 0. The van der Waals surface area contributed by atoms with Gasteiger partial charge in [0.05, 0.1) is 5.92 Å². The summed E-state index contributed by atoms with van der Waals surface area (Å²) in [6.07, 6.45) is 1.14. The highest BCUT2D eigenvalue weighted by Crippen LogP contribution is 2.29. The molecule has 2 aromatic heterocycles. The topological polar surface area (TPSA) is 46.3 Å². The van der Waals surface area contributed by atoms with Gasteiger partial charge in [0.1, 0.15) is 5.82 Å². The Morgan fingerprint density at radius 3 is 2.82 bits per heavy atom. The van der Waals surface area contributed by atoms with Crippen LogP contribution in [0.25, 0.3) is 5.65 Å². The molecule has 7 heteroatoms. The molecule has 0 N–H and O–H groups in total. The van der Waals surface area contributed by atoms with E-state index in [0.29, 0.717) is 24.6 Å². The summed E-state index contributed by atoms with van der Waals surface area (Å²) in [7, 11) is 0. The van der Waals surface area contributed by atoms with E-state index in [1.54, 1.807) is 21.7 Å². The van der Waals surface area contributed by atoms with Gasteiger partial charge in [-0.2, -0.15) is 0 Å². The number of fused-ring (bicyclic) bond motifs is 1. The zero-order valence-electron chi connectivity index (χ0n) is 9.22. The van der Waals surface area contributed by atoms with Crippen molar-refractivity contribution in [2.24, 2.45) is 5.92 Å². The second-order valence-electron chi connectivity index (χ2n) is 4.19. The third-order valence-electron chi connectivity index (χ3n) is 3.04. The largest absolute Gasteiger partial charge is 0.352 e. The van der Waals surface area contributed by atoms with Crippen LogP contribution in [0, 0.1) is 12.8 Å². The lowest BCUT2D eigenvalue weighted by Crippen LogP contribution is -2.50. The number of hydrogen-bond donors (Lipinski definition) is 0. The third-order valence-corrected chi connectivity index (χ3v) is 3.04. The van der Waals surface area contributed by atoms with Crippen LogP contribution in [0.5, 0.6) is 0 Å². The van der Waals surface area contributed by atoms with Crippen LogP contribution in [0.2, 0.25) is 0 Å². The van der Waals surface area contributed by atoms with E-state index in [2.05, 4.69) is 15.2 Å². The molecule has 0 unspecified atom stereocenters. The standard InChI is InChI=1S/C10H11F2N5/c1-6-14-15-10-9(13-2-3-17(6)10)16-4-7(5-16)8(11)12/h2-3,7-8H,4-5H2,1H3. The second-order valence-corrected chi connectivity index (χ2v) is 4.19. The molecule has 90 valence electrons. The van der Waals surface area contributed by atoms with E-state index in [-0.39, 0.29) is 0 Å². The fraction of sp³-hybridized carbons (Fsp3) is 0.500. The van der Waals surface area contributed by atoms with E-state index in [0.717, 1.165) is 5.82 Å². The van der Waals surface area contributed by atoms with Crippen molar-refractivity contribution in [1.82, 2.24) is 19.6 Å². The van der Waals surface area contributed by atoms with Gasteiger partial charge >= 0.3 is 0 Å². The smallest absolute Gasteiger partial charge is 0.244 e. The van der Waals surface area contributed by atoms with Crippen molar-refractivity contribution >= 4 is 11.5 Å². The minimum Gasteiger partial charge on any atom is -0.352 e. The zero-order valence-corrected chi connectivity index (χ0v) is 9.22. The molecule has 0 aliphatic carbocycles. The van der Waals surface area contributed by atoms with E-state index in [1.807, 2.05) is 6.92 Å². The molecule has 2 aromatic rings. The van der Waals surface area contributed by atoms with Crippen LogP contribution >= 0.6 is 0 Å². The summed E-state index contributed by atoms with van der Waals surface area (Å²) in [6.45, 7) is 2.49. The Kier molecular flexibility index (Phi) is 2.20. The minimum atomic E-state index is -2.26. The normalized spacial score (nSPS) is 16.8. The molecule has 0 radical (unpaired) electrons. The Labute approximate surface area is 96.1 Å². The van der Waals surface area contributed by atoms with Crippen molar-refractivity contribution in [3.05, 3.63) is 18.2 Å². The summed E-state index contributed by atoms with van der Waals surface area (Å²) >= 11 is 0. The highest BCUT2D eigenvalue weighted by Gasteiger charge is 2.35. The first kappa shape index (κ1) is 10.4. The van der Waals surface area contributed by atoms with Crippen LogP contribution in [0.3, 0.4) is 0 Å². The summed E-state index contributed by atoms with van der Waals surface area (Å²) in [5.41, 5.74) is 0.623. The van der Waals surface area contributed by atoms with E-state index < -0.39 is 12.3 Å². The maximum atomic E-state index is 12.4. The SMILES string of the molecule is Cc1nnc2c(N3CC(C(F)F)C3)nccn12. The number of rotatable bonds is 2. The molecule has 0 aromatic carbocycles. The molecule has 17 heavy (non-hydrogen) atoms. The van der Waals surface area contributed by atoms with Crippen molar-refractivity contribution in [1.29, 1.82) is 0 Å². The van der Waals surface area contributed by atoms with Gasteiger partial charge in [-0.1, -0.05) is 0 Å². The van der Waals surface area contributed by atoms with Gasteiger partial charge in [-0.05, 0) is 6.92 Å². The Morgan fingerprint density at radius 1 is 1.35 bits per heavy atom. The zero-order chi connectivity index (χ0) is 12.0. The minimum absolute atomic E-state index is 0.330. The molecule has 3 heterocycles. The summed E-state index contributed by atoms with van der Waals surface area (Å²) < 4.78 is 26.6. The predicted molar refractivity (Wildman–Crippen MR) is 57.2 cm³/mol. The summed E-state index contributed by atoms with van der Waals surface area (Å²) in [4.78, 5) is 6.00. The van der Waals surface area contributed by atoms with Gasteiger partial charge in [-0.3, -0.25) is 4.40 Å². The van der Waals surface area contributed by atoms with Gasteiger partial charge < -0.3 is 4.90 Å². The molecular weight excluding hydrogens is 228 g/mol. The fourth-order valence-electron chi connectivity index (χ4n) is 2.00. The van der Waals surface area contributed by atoms with Crippen LogP contribution in [-0.2, 0) is 0 Å². The van der Waals surface area contributed by atoms with Crippen LogP contribution in [-0.4, -0.2) is 39.1 Å². The van der Waals surface area contributed by atoms with Crippen LogP contribution in [0.4, 0.5) is 14.6 Å². The van der Waals surface area contributed by atoms with E-state index >= 15 is 0 Å². The number of nitrogens with zero attached hydrogens (tertiary/aromatic N) is 5. The molecule has 1 fully saturated rings. The van der Waals surface area contributed by atoms with Gasteiger partial charge in [0, 0.05) is 25.5 Å². The third kappa shape index (κ3) is 1.53. The molecule has 0 spiro atoms. The van der Waals surface area contributed by atoms with Crippen molar-refractivity contribution in [3.63, 3.8) is 0 Å². The van der Waals surface area contributed by atoms with E-state index in [9.17, 15) is 8.78 Å². The van der Waals surface area contributed by atoms with Crippen molar-refractivity contribution < 1.29 is 8.78 Å². The molecule has 0 saturated carbocycles. The molecule has 0 bridgehead atoms. The number of hydrogen-bond acceptors (Lipinski definition) is 4. The van der Waals surface area contributed by atoms with Crippen molar-refractivity contribution in [2.75, 3.05) is 18.0 Å². The highest BCUT2D eigenvalue weighted by molar-refractivity contribution is 5.64. The lowest BCUT2D eigenvalue weighted by Gasteiger charge is -2.39. The maximum Gasteiger partial charge on any atom is 0.244 e. The van der Waals surface area contributed by atoms with Crippen LogP contribution in [0.15, 0.2) is 12.4 Å². The second kappa shape index (κ2) is 3.61. The predicted octanol–water partition coefficient (Wildman–Crippen LogP) is 1.13. The van der Waals surface area contributed by atoms with Gasteiger partial charge in [-0.25, -0.2) is 13.8 Å². The molecule has 0 atom stereocenters. The van der Waals surface area contributed by atoms with Crippen molar-refractivity contribution in [2.45, 2.75) is 13.3 Å². The number of aromatic nitrogens is 4. The number of alkyl halides is 2. The first-order valence-electron chi connectivity index (χ1n) is 5.36.